The van der Waals surface area contributed by atoms with Crippen LogP contribution in [0.25, 0.3) is 0 Å². The van der Waals surface area contributed by atoms with E-state index >= 15 is 0 Å². The normalized spacial score (nSPS) is 11.7. The number of benzene rings is 1. The minimum absolute atomic E-state index is 0.0922. The van der Waals surface area contributed by atoms with Crippen molar-refractivity contribution < 1.29 is 9.90 Å². The maximum Gasteiger partial charge on any atom is 0.245 e. The van der Waals surface area contributed by atoms with Gasteiger partial charge in [-0.2, -0.15) is 0 Å². The molecule has 1 unspecified atom stereocenters. The number of nitrogens with zero attached hydrogens (tertiary/aromatic N) is 1. The van der Waals surface area contributed by atoms with Gasteiger partial charge in [-0.25, -0.2) is 4.98 Å². The van der Waals surface area contributed by atoms with E-state index in [0.29, 0.717) is 24.5 Å². The van der Waals surface area contributed by atoms with Crippen molar-refractivity contribution in [3.05, 3.63) is 53.7 Å². The number of pyridine rings is 1. The summed E-state index contributed by atoms with van der Waals surface area (Å²) in [6.45, 7) is 1.88. The number of hydrogen-bond acceptors (Lipinski definition) is 5. The Morgan fingerprint density at radius 1 is 1.30 bits per heavy atom. The molecule has 1 aromatic heterocycles. The summed E-state index contributed by atoms with van der Waals surface area (Å²) in [5, 5.41) is 14.8. The van der Waals surface area contributed by atoms with Crippen molar-refractivity contribution in [1.82, 2.24) is 10.3 Å². The van der Waals surface area contributed by atoms with Crippen LogP contribution in [0.3, 0.4) is 0 Å². The maximum absolute atomic E-state index is 11.3. The number of aromatic nitrogens is 1. The highest BCUT2D eigenvalue weighted by Gasteiger charge is 2.13. The molecule has 1 amide bonds. The number of amides is 1. The lowest BCUT2D eigenvalue weighted by Crippen LogP contribution is -2.39. The van der Waals surface area contributed by atoms with Gasteiger partial charge in [-0.05, 0) is 31.0 Å². The minimum Gasteiger partial charge on any atom is -0.396 e. The van der Waals surface area contributed by atoms with Crippen LogP contribution in [0.15, 0.2) is 42.6 Å². The number of rotatable bonds is 7. The highest BCUT2D eigenvalue weighted by atomic mass is 16.3. The smallest absolute Gasteiger partial charge is 0.245 e. The molecule has 2 aromatic rings. The van der Waals surface area contributed by atoms with E-state index in [1.165, 1.54) is 5.56 Å². The first-order valence-electron chi connectivity index (χ1n) is 7.48. The fraction of sp³-hybridized carbons (Fsp3) is 0.294. The summed E-state index contributed by atoms with van der Waals surface area (Å²) in [4.78, 5) is 15.5. The SMILES string of the molecule is Cc1ccc(CC(CNC(=O)CO)Nc2ncccc2N)cc1. The molecule has 0 bridgehead atoms. The molecule has 5 N–H and O–H groups in total. The monoisotopic (exact) mass is 314 g/mol. The van der Waals surface area contributed by atoms with Crippen LogP contribution in [0.1, 0.15) is 11.1 Å². The Hall–Kier alpha value is -2.60. The Balaban J connectivity index is 2.09. The number of anilines is 2. The number of hydrogen-bond donors (Lipinski definition) is 4. The average Bonchev–Trinajstić information content (AvgIpc) is 2.56. The predicted molar refractivity (Wildman–Crippen MR) is 91.0 cm³/mol. The molecule has 6 heteroatoms. The maximum atomic E-state index is 11.3. The van der Waals surface area contributed by atoms with E-state index in [0.717, 1.165) is 5.56 Å². The molecule has 0 spiro atoms. The lowest BCUT2D eigenvalue weighted by molar-refractivity contribution is -0.123. The van der Waals surface area contributed by atoms with Gasteiger partial charge in [-0.15, -0.1) is 0 Å². The highest BCUT2D eigenvalue weighted by Crippen LogP contribution is 2.16. The van der Waals surface area contributed by atoms with Crippen LogP contribution in [0.4, 0.5) is 11.5 Å². The first kappa shape index (κ1) is 16.8. The fourth-order valence-corrected chi connectivity index (χ4v) is 2.21. The quantitative estimate of drug-likeness (QED) is 0.613. The summed E-state index contributed by atoms with van der Waals surface area (Å²) in [6, 6.07) is 11.7. The van der Waals surface area contributed by atoms with Gasteiger partial charge in [0.1, 0.15) is 12.4 Å². The highest BCUT2D eigenvalue weighted by molar-refractivity contribution is 5.77. The van der Waals surface area contributed by atoms with E-state index < -0.39 is 12.5 Å². The summed E-state index contributed by atoms with van der Waals surface area (Å²) in [5.41, 5.74) is 8.80. The third kappa shape index (κ3) is 5.27. The van der Waals surface area contributed by atoms with Crippen molar-refractivity contribution in [3.8, 4) is 0 Å². The number of nitrogens with one attached hydrogen (secondary N) is 2. The molecule has 1 aromatic carbocycles. The van der Waals surface area contributed by atoms with E-state index in [2.05, 4.69) is 27.8 Å². The van der Waals surface area contributed by atoms with Crippen LogP contribution in [0, 0.1) is 6.92 Å². The molecule has 1 heterocycles. The van der Waals surface area contributed by atoms with Crippen LogP contribution in [0.2, 0.25) is 0 Å². The molecule has 0 aliphatic carbocycles. The third-order valence-corrected chi connectivity index (χ3v) is 3.47. The zero-order valence-electron chi connectivity index (χ0n) is 13.1. The summed E-state index contributed by atoms with van der Waals surface area (Å²) in [6.07, 6.45) is 2.36. The van der Waals surface area contributed by atoms with Gasteiger partial charge in [-0.1, -0.05) is 29.8 Å². The van der Waals surface area contributed by atoms with Crippen molar-refractivity contribution in [3.63, 3.8) is 0 Å². The lowest BCUT2D eigenvalue weighted by atomic mass is 10.0. The molecule has 0 aliphatic rings. The van der Waals surface area contributed by atoms with Gasteiger partial charge >= 0.3 is 0 Å². The van der Waals surface area contributed by atoms with Gasteiger partial charge in [0.25, 0.3) is 0 Å². The average molecular weight is 314 g/mol. The van der Waals surface area contributed by atoms with Crippen LogP contribution in [-0.2, 0) is 11.2 Å². The second-order valence-corrected chi connectivity index (χ2v) is 5.43. The molecule has 6 nitrogen and oxygen atoms in total. The Morgan fingerprint density at radius 3 is 2.70 bits per heavy atom. The fourth-order valence-electron chi connectivity index (χ4n) is 2.21. The van der Waals surface area contributed by atoms with E-state index in [-0.39, 0.29) is 6.04 Å². The Bertz CT molecular complexity index is 643. The van der Waals surface area contributed by atoms with Crippen LogP contribution in [-0.4, -0.2) is 35.2 Å². The Labute approximate surface area is 135 Å². The zero-order valence-corrected chi connectivity index (χ0v) is 13.1. The van der Waals surface area contributed by atoms with Gasteiger partial charge in [0.05, 0.1) is 5.69 Å². The van der Waals surface area contributed by atoms with Crippen molar-refractivity contribution in [1.29, 1.82) is 0 Å². The number of aliphatic hydroxyl groups excluding tert-OH is 1. The number of carbonyl (C=O) groups is 1. The molecule has 0 saturated heterocycles. The standard InChI is InChI=1S/C17H22N4O2/c1-12-4-6-13(7-5-12)9-14(10-20-16(23)11-22)21-17-15(18)3-2-8-19-17/h2-8,14,22H,9-11,18H2,1H3,(H,19,21)(H,20,23). The Morgan fingerprint density at radius 2 is 2.04 bits per heavy atom. The molecular formula is C17H22N4O2. The van der Waals surface area contributed by atoms with Crippen molar-refractivity contribution in [2.45, 2.75) is 19.4 Å². The summed E-state index contributed by atoms with van der Waals surface area (Å²) >= 11 is 0. The number of carbonyl (C=O) groups excluding carboxylic acids is 1. The number of aliphatic hydroxyl groups is 1. The first-order valence-corrected chi connectivity index (χ1v) is 7.48. The molecule has 0 aliphatic heterocycles. The van der Waals surface area contributed by atoms with Gasteiger partial charge in [0, 0.05) is 18.8 Å². The lowest BCUT2D eigenvalue weighted by Gasteiger charge is -2.21. The first-order chi connectivity index (χ1) is 11.1. The van der Waals surface area contributed by atoms with E-state index in [1.54, 1.807) is 18.3 Å². The summed E-state index contributed by atoms with van der Waals surface area (Å²) in [7, 11) is 0. The molecule has 1 atom stereocenters. The predicted octanol–water partition coefficient (Wildman–Crippen LogP) is 1.10. The Kier molecular flexibility index (Phi) is 5.94. The number of aryl methyl sites for hydroxylation is 1. The topological polar surface area (TPSA) is 100 Å². The van der Waals surface area contributed by atoms with E-state index in [1.807, 2.05) is 19.1 Å². The van der Waals surface area contributed by atoms with E-state index in [4.69, 9.17) is 10.8 Å². The molecule has 0 fully saturated rings. The van der Waals surface area contributed by atoms with Crippen molar-refractivity contribution in [2.75, 3.05) is 24.2 Å². The zero-order chi connectivity index (χ0) is 16.7. The van der Waals surface area contributed by atoms with Crippen LogP contribution < -0.4 is 16.4 Å². The third-order valence-electron chi connectivity index (χ3n) is 3.47. The van der Waals surface area contributed by atoms with Crippen molar-refractivity contribution in [2.24, 2.45) is 0 Å². The molecule has 0 saturated carbocycles. The number of nitrogen functional groups attached to an aromatic ring is 1. The molecular weight excluding hydrogens is 292 g/mol. The summed E-state index contributed by atoms with van der Waals surface area (Å²) in [5.74, 6) is 0.178. The number of nitrogens with two attached hydrogens (primary N) is 1. The molecule has 0 radical (unpaired) electrons. The van der Waals surface area contributed by atoms with Gasteiger partial charge in [0.2, 0.25) is 5.91 Å². The van der Waals surface area contributed by atoms with Gasteiger partial charge in [0.15, 0.2) is 0 Å². The van der Waals surface area contributed by atoms with Gasteiger partial charge in [-0.3, -0.25) is 4.79 Å². The molecule has 23 heavy (non-hydrogen) atoms. The van der Waals surface area contributed by atoms with E-state index in [9.17, 15) is 4.79 Å². The molecule has 2 rings (SSSR count). The largest absolute Gasteiger partial charge is 0.396 e. The van der Waals surface area contributed by atoms with Crippen LogP contribution in [0.5, 0.6) is 0 Å². The minimum atomic E-state index is -0.525. The summed E-state index contributed by atoms with van der Waals surface area (Å²) < 4.78 is 0. The van der Waals surface area contributed by atoms with Crippen LogP contribution >= 0.6 is 0 Å². The second-order valence-electron chi connectivity index (χ2n) is 5.43. The van der Waals surface area contributed by atoms with Crippen molar-refractivity contribution >= 4 is 17.4 Å². The molecule has 122 valence electrons. The van der Waals surface area contributed by atoms with Gasteiger partial charge < -0.3 is 21.5 Å². The second kappa shape index (κ2) is 8.14.